The summed E-state index contributed by atoms with van der Waals surface area (Å²) in [4.78, 5) is 0.295. The Morgan fingerprint density at radius 2 is 1.94 bits per heavy atom. The molecule has 0 spiro atoms. The summed E-state index contributed by atoms with van der Waals surface area (Å²) < 4.78 is 28.8. The summed E-state index contributed by atoms with van der Waals surface area (Å²) >= 11 is 0. The SMILES string of the molecule is CCS(=O)(=O)c1cc(C(C)C)ccc1OC. The molecule has 90 valence electrons. The van der Waals surface area contributed by atoms with E-state index in [1.54, 1.807) is 19.1 Å². The Labute approximate surface area is 97.4 Å². The summed E-state index contributed by atoms with van der Waals surface area (Å²) in [5.41, 5.74) is 1.01. The molecule has 4 heteroatoms. The fourth-order valence-electron chi connectivity index (χ4n) is 1.45. The van der Waals surface area contributed by atoms with E-state index in [2.05, 4.69) is 0 Å². The molecular formula is C12H18O3S. The molecule has 0 aliphatic heterocycles. The number of methoxy groups -OCH3 is 1. The van der Waals surface area contributed by atoms with E-state index < -0.39 is 9.84 Å². The van der Waals surface area contributed by atoms with Gasteiger partial charge in [0.25, 0.3) is 0 Å². The van der Waals surface area contributed by atoms with E-state index in [1.807, 2.05) is 19.9 Å². The van der Waals surface area contributed by atoms with E-state index in [9.17, 15) is 8.42 Å². The number of sulfone groups is 1. The second kappa shape index (κ2) is 4.87. The third-order valence-corrected chi connectivity index (χ3v) is 4.32. The molecule has 0 unspecified atom stereocenters. The molecule has 0 fully saturated rings. The van der Waals surface area contributed by atoms with Gasteiger partial charge in [-0.25, -0.2) is 8.42 Å². The lowest BCUT2D eigenvalue weighted by Gasteiger charge is -2.12. The van der Waals surface area contributed by atoms with Crippen LogP contribution in [0.3, 0.4) is 0 Å². The second-order valence-corrected chi connectivity index (χ2v) is 6.22. The molecule has 0 radical (unpaired) electrons. The van der Waals surface area contributed by atoms with Gasteiger partial charge in [-0.2, -0.15) is 0 Å². The van der Waals surface area contributed by atoms with Crippen LogP contribution in [0.2, 0.25) is 0 Å². The van der Waals surface area contributed by atoms with Crippen LogP contribution in [0.5, 0.6) is 5.75 Å². The van der Waals surface area contributed by atoms with Crippen LogP contribution in [-0.2, 0) is 9.84 Å². The fourth-order valence-corrected chi connectivity index (χ4v) is 2.54. The molecule has 0 aliphatic rings. The lowest BCUT2D eigenvalue weighted by Crippen LogP contribution is -2.07. The Morgan fingerprint density at radius 3 is 2.38 bits per heavy atom. The minimum absolute atomic E-state index is 0.0882. The molecule has 0 amide bonds. The number of benzene rings is 1. The zero-order valence-electron chi connectivity index (χ0n) is 10.1. The summed E-state index contributed by atoms with van der Waals surface area (Å²) in [6.07, 6.45) is 0. The Morgan fingerprint density at radius 1 is 1.31 bits per heavy atom. The largest absolute Gasteiger partial charge is 0.495 e. The van der Waals surface area contributed by atoms with Gasteiger partial charge >= 0.3 is 0 Å². The minimum atomic E-state index is -3.22. The topological polar surface area (TPSA) is 43.4 Å². The number of hydrogen-bond acceptors (Lipinski definition) is 3. The predicted molar refractivity (Wildman–Crippen MR) is 64.8 cm³/mol. The summed E-state index contributed by atoms with van der Waals surface area (Å²) in [7, 11) is -1.74. The molecule has 16 heavy (non-hydrogen) atoms. The number of ether oxygens (including phenoxy) is 1. The first-order chi connectivity index (χ1) is 7.42. The van der Waals surface area contributed by atoms with E-state index in [1.165, 1.54) is 7.11 Å². The Kier molecular flexibility index (Phi) is 3.97. The number of rotatable bonds is 4. The lowest BCUT2D eigenvalue weighted by molar-refractivity contribution is 0.402. The van der Waals surface area contributed by atoms with Crippen molar-refractivity contribution in [1.29, 1.82) is 0 Å². The summed E-state index contributed by atoms with van der Waals surface area (Å²) in [5.74, 6) is 0.813. The third-order valence-electron chi connectivity index (χ3n) is 2.57. The molecule has 0 N–H and O–H groups in total. The molecule has 0 atom stereocenters. The fraction of sp³-hybridized carbons (Fsp3) is 0.500. The van der Waals surface area contributed by atoms with Crippen molar-refractivity contribution in [2.45, 2.75) is 31.6 Å². The average Bonchev–Trinajstić information content (AvgIpc) is 2.28. The molecule has 1 aromatic carbocycles. The van der Waals surface area contributed by atoms with Gasteiger partial charge < -0.3 is 4.74 Å². The monoisotopic (exact) mass is 242 g/mol. The van der Waals surface area contributed by atoms with Gasteiger partial charge in [0, 0.05) is 0 Å². The van der Waals surface area contributed by atoms with E-state index in [-0.39, 0.29) is 5.75 Å². The van der Waals surface area contributed by atoms with E-state index in [0.717, 1.165) is 5.56 Å². The minimum Gasteiger partial charge on any atom is -0.495 e. The van der Waals surface area contributed by atoms with Crippen molar-refractivity contribution in [3.63, 3.8) is 0 Å². The van der Waals surface area contributed by atoms with Crippen molar-refractivity contribution < 1.29 is 13.2 Å². The highest BCUT2D eigenvalue weighted by molar-refractivity contribution is 7.91. The average molecular weight is 242 g/mol. The van der Waals surface area contributed by atoms with Crippen molar-refractivity contribution in [1.82, 2.24) is 0 Å². The third kappa shape index (κ3) is 2.55. The molecule has 0 aromatic heterocycles. The van der Waals surface area contributed by atoms with Crippen molar-refractivity contribution >= 4 is 9.84 Å². The highest BCUT2D eigenvalue weighted by Crippen LogP contribution is 2.28. The zero-order valence-corrected chi connectivity index (χ0v) is 11.0. The molecule has 0 heterocycles. The highest BCUT2D eigenvalue weighted by Gasteiger charge is 2.18. The zero-order chi connectivity index (χ0) is 12.3. The van der Waals surface area contributed by atoms with Crippen molar-refractivity contribution in [3.05, 3.63) is 23.8 Å². The molecule has 0 saturated carbocycles. The van der Waals surface area contributed by atoms with Gasteiger partial charge in [-0.3, -0.25) is 0 Å². The first-order valence-corrected chi connectivity index (χ1v) is 6.98. The van der Waals surface area contributed by atoms with Crippen LogP contribution >= 0.6 is 0 Å². The van der Waals surface area contributed by atoms with Crippen molar-refractivity contribution in [3.8, 4) is 5.75 Å². The van der Waals surface area contributed by atoms with Gasteiger partial charge in [-0.1, -0.05) is 26.8 Å². The molecule has 1 aromatic rings. The van der Waals surface area contributed by atoms with Gasteiger partial charge in [0.15, 0.2) is 9.84 Å². The molecule has 1 rings (SSSR count). The Bertz CT molecular complexity index is 461. The Balaban J connectivity index is 3.39. The first kappa shape index (κ1) is 13.0. The van der Waals surface area contributed by atoms with E-state index in [0.29, 0.717) is 16.6 Å². The van der Waals surface area contributed by atoms with Crippen LogP contribution in [-0.4, -0.2) is 21.3 Å². The molecule has 0 saturated heterocycles. The first-order valence-electron chi connectivity index (χ1n) is 5.33. The van der Waals surface area contributed by atoms with Crippen LogP contribution in [0.1, 0.15) is 32.3 Å². The van der Waals surface area contributed by atoms with Gasteiger partial charge in [0.1, 0.15) is 10.6 Å². The van der Waals surface area contributed by atoms with Crippen LogP contribution in [0.15, 0.2) is 23.1 Å². The van der Waals surface area contributed by atoms with Gasteiger partial charge in [0.2, 0.25) is 0 Å². The van der Waals surface area contributed by atoms with Crippen molar-refractivity contribution in [2.75, 3.05) is 12.9 Å². The molecule has 3 nitrogen and oxygen atoms in total. The summed E-state index contributed by atoms with van der Waals surface area (Å²) in [6, 6.07) is 5.33. The van der Waals surface area contributed by atoms with Crippen LogP contribution in [0, 0.1) is 0 Å². The van der Waals surface area contributed by atoms with Gasteiger partial charge in [-0.05, 0) is 23.6 Å². The van der Waals surface area contributed by atoms with Gasteiger partial charge in [-0.15, -0.1) is 0 Å². The molecule has 0 bridgehead atoms. The maximum Gasteiger partial charge on any atom is 0.181 e. The highest BCUT2D eigenvalue weighted by atomic mass is 32.2. The summed E-state index contributed by atoms with van der Waals surface area (Å²) in [5, 5.41) is 0. The second-order valence-electron chi connectivity index (χ2n) is 3.97. The molecule has 0 aliphatic carbocycles. The van der Waals surface area contributed by atoms with Crippen LogP contribution in [0.4, 0.5) is 0 Å². The van der Waals surface area contributed by atoms with E-state index >= 15 is 0 Å². The normalized spacial score (nSPS) is 11.8. The number of hydrogen-bond donors (Lipinski definition) is 0. The van der Waals surface area contributed by atoms with Crippen LogP contribution in [0.25, 0.3) is 0 Å². The predicted octanol–water partition coefficient (Wildman–Crippen LogP) is 2.61. The van der Waals surface area contributed by atoms with Crippen LogP contribution < -0.4 is 4.74 Å². The lowest BCUT2D eigenvalue weighted by atomic mass is 10.0. The molecular weight excluding hydrogens is 224 g/mol. The quantitative estimate of drug-likeness (QED) is 0.815. The van der Waals surface area contributed by atoms with E-state index in [4.69, 9.17) is 4.74 Å². The maximum absolute atomic E-state index is 11.9. The Hall–Kier alpha value is -1.03. The van der Waals surface area contributed by atoms with Crippen molar-refractivity contribution in [2.24, 2.45) is 0 Å². The maximum atomic E-state index is 11.9. The standard InChI is InChI=1S/C12H18O3S/c1-5-16(13,14)12-8-10(9(2)3)6-7-11(12)15-4/h6-9H,5H2,1-4H3. The summed E-state index contributed by atoms with van der Waals surface area (Å²) in [6.45, 7) is 5.70. The smallest absolute Gasteiger partial charge is 0.181 e. The van der Waals surface area contributed by atoms with Gasteiger partial charge in [0.05, 0.1) is 12.9 Å².